The lowest BCUT2D eigenvalue weighted by molar-refractivity contribution is -0.138. The Morgan fingerprint density at radius 2 is 1.82 bits per heavy atom. The number of fused-ring (bicyclic) bond motifs is 1. The maximum atomic E-state index is 14.2. The van der Waals surface area contributed by atoms with Crippen LogP contribution in [0.15, 0.2) is 42.7 Å². The van der Waals surface area contributed by atoms with E-state index in [2.05, 4.69) is 15.5 Å². The number of amides is 1. The van der Waals surface area contributed by atoms with E-state index in [1.54, 1.807) is 49.7 Å². The molecule has 0 atom stereocenters. The van der Waals surface area contributed by atoms with Crippen LogP contribution in [-0.4, -0.2) is 38.8 Å². The number of carbonyl (C=O) groups is 1. The highest BCUT2D eigenvalue weighted by atomic mass is 19.4. The predicted octanol–water partition coefficient (Wildman–Crippen LogP) is 5.74. The van der Waals surface area contributed by atoms with E-state index < -0.39 is 54.0 Å². The zero-order valence-corrected chi connectivity index (χ0v) is 22.2. The second kappa shape index (κ2) is 9.60. The van der Waals surface area contributed by atoms with Crippen LogP contribution >= 0.6 is 0 Å². The number of rotatable bonds is 8. The Morgan fingerprint density at radius 1 is 1.10 bits per heavy atom. The monoisotopic (exact) mass is 565 g/mol. The van der Waals surface area contributed by atoms with E-state index >= 15 is 0 Å². The molecule has 2 aromatic carbocycles. The minimum atomic E-state index is -4.72. The number of halogens is 6. The van der Waals surface area contributed by atoms with Gasteiger partial charge in [0.05, 0.1) is 12.1 Å². The Hall–Kier alpha value is -3.41. The van der Waals surface area contributed by atoms with Gasteiger partial charge in [0.1, 0.15) is 18.8 Å². The molecule has 0 unspecified atom stereocenters. The maximum absolute atomic E-state index is 14.2. The fourth-order valence-corrected chi connectivity index (χ4v) is 5.56. The van der Waals surface area contributed by atoms with Crippen molar-refractivity contribution in [2.45, 2.75) is 69.3 Å². The van der Waals surface area contributed by atoms with E-state index in [1.807, 2.05) is 0 Å². The molecule has 1 aliphatic heterocycles. The number of hydrogen-bond acceptors (Lipinski definition) is 4. The fourth-order valence-electron chi connectivity index (χ4n) is 5.56. The maximum Gasteiger partial charge on any atom is 0.416 e. The average Bonchev–Trinajstić information content (AvgIpc) is 3.42. The summed E-state index contributed by atoms with van der Waals surface area (Å²) in [5, 5.41) is 10.8. The number of alkyl halides is 6. The number of hydrogen-bond donors (Lipinski definition) is 1. The first kappa shape index (κ1) is 28.1. The van der Waals surface area contributed by atoms with Crippen molar-refractivity contribution in [3.8, 4) is 0 Å². The van der Waals surface area contributed by atoms with Crippen molar-refractivity contribution < 1.29 is 31.1 Å². The van der Waals surface area contributed by atoms with Gasteiger partial charge in [-0.05, 0) is 54.8 Å². The molecule has 214 valence electrons. The summed E-state index contributed by atoms with van der Waals surface area (Å²) < 4.78 is 85.5. The van der Waals surface area contributed by atoms with E-state index in [0.717, 1.165) is 6.07 Å². The second-order valence-electron chi connectivity index (χ2n) is 11.5. The van der Waals surface area contributed by atoms with Gasteiger partial charge in [-0.25, -0.2) is 13.2 Å². The topological polar surface area (TPSA) is 63.1 Å². The molecule has 1 saturated carbocycles. The summed E-state index contributed by atoms with van der Waals surface area (Å²) in [4.78, 5) is 14.7. The van der Waals surface area contributed by atoms with E-state index in [4.69, 9.17) is 0 Å². The standard InChI is InChI=1S/C28H29F6N5O/c1-25(2,15-29)35-11-17-7-20-21(22(8-17)28(32,33)34)12-39(24(20)40)19-6-4-5-18(9-19)26(13-27(30,31)14-26)10-23-37-36-16-38(23)3/h4-9,16,35H,10-15H2,1-3H3. The molecule has 2 aliphatic rings. The summed E-state index contributed by atoms with van der Waals surface area (Å²) in [7, 11) is 1.72. The molecule has 1 aromatic heterocycles. The first-order valence-corrected chi connectivity index (χ1v) is 12.8. The third-order valence-corrected chi connectivity index (χ3v) is 7.78. The van der Waals surface area contributed by atoms with Gasteiger partial charge >= 0.3 is 6.18 Å². The van der Waals surface area contributed by atoms with Crippen LogP contribution in [0.2, 0.25) is 0 Å². The Balaban J connectivity index is 1.48. The van der Waals surface area contributed by atoms with Gasteiger partial charge in [0.25, 0.3) is 5.91 Å². The van der Waals surface area contributed by atoms with Gasteiger partial charge in [-0.15, -0.1) is 10.2 Å². The van der Waals surface area contributed by atoms with E-state index in [1.165, 1.54) is 17.3 Å². The lowest BCUT2D eigenvalue weighted by Gasteiger charge is -2.48. The molecule has 12 heteroatoms. The smallest absolute Gasteiger partial charge is 0.321 e. The normalized spacial score (nSPS) is 18.1. The second-order valence-corrected chi connectivity index (χ2v) is 11.5. The zero-order chi connectivity index (χ0) is 29.1. The van der Waals surface area contributed by atoms with Gasteiger partial charge in [-0.1, -0.05) is 12.1 Å². The molecule has 0 spiro atoms. The molecule has 1 amide bonds. The van der Waals surface area contributed by atoms with Crippen molar-refractivity contribution in [1.29, 1.82) is 0 Å². The van der Waals surface area contributed by atoms with Crippen molar-refractivity contribution in [3.05, 3.63) is 76.4 Å². The highest BCUT2D eigenvalue weighted by molar-refractivity contribution is 6.10. The van der Waals surface area contributed by atoms with Crippen molar-refractivity contribution >= 4 is 11.6 Å². The van der Waals surface area contributed by atoms with Gasteiger partial charge in [0, 0.05) is 55.1 Å². The van der Waals surface area contributed by atoms with Gasteiger partial charge < -0.3 is 14.8 Å². The number of anilines is 1. The molecule has 1 N–H and O–H groups in total. The third-order valence-electron chi connectivity index (χ3n) is 7.78. The molecule has 1 aliphatic carbocycles. The number of nitrogens with zero attached hydrogens (tertiary/aromatic N) is 4. The summed E-state index contributed by atoms with van der Waals surface area (Å²) >= 11 is 0. The Bertz CT molecular complexity index is 1440. The number of carbonyl (C=O) groups excluding carboxylic acids is 1. The Kier molecular flexibility index (Phi) is 6.75. The van der Waals surface area contributed by atoms with Crippen LogP contribution in [0.3, 0.4) is 0 Å². The third kappa shape index (κ3) is 5.21. The molecule has 0 radical (unpaired) electrons. The molecule has 0 saturated heterocycles. The lowest BCUT2D eigenvalue weighted by atomic mass is 9.60. The first-order chi connectivity index (χ1) is 18.6. The zero-order valence-electron chi connectivity index (χ0n) is 22.2. The SMILES string of the molecule is Cn1cnnc1CC1(c2cccc(N3Cc4c(cc(CNC(C)(C)CF)cc4C(F)(F)F)C3=O)c2)CC(F)(F)C1. The molecule has 3 aromatic rings. The number of aromatic nitrogens is 3. The van der Waals surface area contributed by atoms with Crippen molar-refractivity contribution in [3.63, 3.8) is 0 Å². The number of benzene rings is 2. The molecule has 6 nitrogen and oxygen atoms in total. The summed E-state index contributed by atoms with van der Waals surface area (Å²) in [6.07, 6.45) is -3.88. The predicted molar refractivity (Wildman–Crippen MR) is 136 cm³/mol. The van der Waals surface area contributed by atoms with Crippen molar-refractivity contribution in [1.82, 2.24) is 20.1 Å². The average molecular weight is 566 g/mol. The van der Waals surface area contributed by atoms with E-state index in [-0.39, 0.29) is 36.2 Å². The minimum Gasteiger partial charge on any atom is -0.321 e. The van der Waals surface area contributed by atoms with Crippen LogP contribution in [0.25, 0.3) is 0 Å². The van der Waals surface area contributed by atoms with Crippen LogP contribution in [0, 0.1) is 0 Å². The Labute approximate surface area is 227 Å². The number of aryl methyl sites for hydroxylation is 1. The van der Waals surface area contributed by atoms with Crippen LogP contribution in [0.1, 0.15) is 65.1 Å². The van der Waals surface area contributed by atoms with Crippen LogP contribution in [-0.2, 0) is 38.1 Å². The molecule has 1 fully saturated rings. The first-order valence-electron chi connectivity index (χ1n) is 12.8. The highest BCUT2D eigenvalue weighted by Crippen LogP contribution is 2.55. The largest absolute Gasteiger partial charge is 0.416 e. The highest BCUT2D eigenvalue weighted by Gasteiger charge is 2.57. The summed E-state index contributed by atoms with van der Waals surface area (Å²) in [6, 6.07) is 8.89. The van der Waals surface area contributed by atoms with Crippen LogP contribution in [0.4, 0.5) is 32.0 Å². The quantitative estimate of drug-likeness (QED) is 0.354. The molecule has 0 bridgehead atoms. The van der Waals surface area contributed by atoms with Crippen molar-refractivity contribution in [2.24, 2.45) is 7.05 Å². The molecule has 2 heterocycles. The Morgan fingerprint density at radius 3 is 2.42 bits per heavy atom. The van der Waals surface area contributed by atoms with Crippen molar-refractivity contribution in [2.75, 3.05) is 11.6 Å². The fraction of sp³-hybridized carbons (Fsp3) is 0.464. The minimum absolute atomic E-state index is 0.0607. The van der Waals surface area contributed by atoms with E-state index in [9.17, 15) is 31.1 Å². The molecular weight excluding hydrogens is 536 g/mol. The van der Waals surface area contributed by atoms with E-state index in [0.29, 0.717) is 17.1 Å². The summed E-state index contributed by atoms with van der Waals surface area (Å²) in [6.45, 7) is 2.06. The molecule has 40 heavy (non-hydrogen) atoms. The van der Waals surface area contributed by atoms with Crippen LogP contribution in [0.5, 0.6) is 0 Å². The lowest BCUT2D eigenvalue weighted by Crippen LogP contribution is -2.51. The number of nitrogens with one attached hydrogen (secondary N) is 1. The summed E-state index contributed by atoms with van der Waals surface area (Å²) in [5.74, 6) is -2.96. The van der Waals surface area contributed by atoms with Gasteiger partial charge in [0.15, 0.2) is 0 Å². The van der Waals surface area contributed by atoms with Crippen LogP contribution < -0.4 is 10.2 Å². The van der Waals surface area contributed by atoms with Gasteiger partial charge in [-0.3, -0.25) is 4.79 Å². The van der Waals surface area contributed by atoms with Gasteiger partial charge in [-0.2, -0.15) is 13.2 Å². The van der Waals surface area contributed by atoms with Gasteiger partial charge in [0.2, 0.25) is 5.92 Å². The molecular formula is C28H29F6N5O. The summed E-state index contributed by atoms with van der Waals surface area (Å²) in [5.41, 5.74) is -2.00. The molecule has 5 rings (SSSR count).